The van der Waals surface area contributed by atoms with Crippen LogP contribution in [0.15, 0.2) is 41.7 Å². The molecule has 2 aromatic rings. The lowest BCUT2D eigenvalue weighted by Gasteiger charge is -2.16. The molecule has 7 heteroatoms. The molecular formula is C16H21F2N5. The Morgan fingerprint density at radius 1 is 1.35 bits per heavy atom. The summed E-state index contributed by atoms with van der Waals surface area (Å²) in [5.74, 6) is -0.0271. The minimum atomic E-state index is -0.459. The van der Waals surface area contributed by atoms with E-state index in [0.717, 1.165) is 18.7 Å². The summed E-state index contributed by atoms with van der Waals surface area (Å²) in [5.41, 5.74) is 0.262. The molecule has 2 rings (SSSR count). The van der Waals surface area contributed by atoms with Crippen molar-refractivity contribution in [3.8, 4) is 0 Å². The van der Waals surface area contributed by atoms with Gasteiger partial charge in [0.2, 0.25) is 0 Å². The molecule has 0 aliphatic heterocycles. The SMILES string of the molecule is CN=C(NCc1cc(F)ccc1F)NCC(C)Cn1cccn1. The van der Waals surface area contributed by atoms with Gasteiger partial charge in [-0.05, 0) is 30.2 Å². The lowest BCUT2D eigenvalue weighted by atomic mass is 10.2. The van der Waals surface area contributed by atoms with Gasteiger partial charge in [-0.15, -0.1) is 0 Å². The highest BCUT2D eigenvalue weighted by atomic mass is 19.1. The number of guanidine groups is 1. The molecule has 1 unspecified atom stereocenters. The fraction of sp³-hybridized carbons (Fsp3) is 0.375. The Bertz CT molecular complexity index is 640. The van der Waals surface area contributed by atoms with Gasteiger partial charge in [0.05, 0.1) is 0 Å². The summed E-state index contributed by atoms with van der Waals surface area (Å²) in [6, 6.07) is 5.28. The van der Waals surface area contributed by atoms with Gasteiger partial charge >= 0.3 is 0 Å². The van der Waals surface area contributed by atoms with Crippen LogP contribution in [0.5, 0.6) is 0 Å². The van der Waals surface area contributed by atoms with Crippen LogP contribution in [0.2, 0.25) is 0 Å². The molecule has 0 aliphatic rings. The molecular weight excluding hydrogens is 300 g/mol. The predicted octanol–water partition coefficient (Wildman–Crippen LogP) is 2.16. The van der Waals surface area contributed by atoms with Gasteiger partial charge < -0.3 is 10.6 Å². The average molecular weight is 321 g/mol. The zero-order valence-electron chi connectivity index (χ0n) is 13.3. The topological polar surface area (TPSA) is 54.2 Å². The van der Waals surface area contributed by atoms with Crippen LogP contribution < -0.4 is 10.6 Å². The Labute approximate surface area is 134 Å². The lowest BCUT2D eigenvalue weighted by molar-refractivity contribution is 0.443. The molecule has 124 valence electrons. The van der Waals surface area contributed by atoms with Crippen molar-refractivity contribution >= 4 is 5.96 Å². The number of nitrogens with zero attached hydrogens (tertiary/aromatic N) is 3. The standard InChI is InChI=1S/C16H21F2N5/c1-12(11-23-7-3-6-22-23)9-20-16(19-2)21-10-13-8-14(17)4-5-15(13)18/h3-8,12H,9-11H2,1-2H3,(H2,19,20,21). The first kappa shape index (κ1) is 16.9. The van der Waals surface area contributed by atoms with Crippen molar-refractivity contribution in [3.63, 3.8) is 0 Å². The molecule has 1 aromatic carbocycles. The third kappa shape index (κ3) is 5.36. The van der Waals surface area contributed by atoms with Gasteiger partial charge in [0.1, 0.15) is 11.6 Å². The van der Waals surface area contributed by atoms with Crippen molar-refractivity contribution in [2.75, 3.05) is 13.6 Å². The predicted molar refractivity (Wildman–Crippen MR) is 86.0 cm³/mol. The van der Waals surface area contributed by atoms with Crippen molar-refractivity contribution in [3.05, 3.63) is 53.9 Å². The molecule has 0 saturated heterocycles. The number of rotatable bonds is 6. The first-order valence-electron chi connectivity index (χ1n) is 7.44. The maximum atomic E-state index is 13.6. The van der Waals surface area contributed by atoms with Gasteiger partial charge in [-0.25, -0.2) is 8.78 Å². The number of aliphatic imine (C=N–C) groups is 1. The van der Waals surface area contributed by atoms with Gasteiger partial charge in [-0.1, -0.05) is 6.92 Å². The van der Waals surface area contributed by atoms with E-state index in [2.05, 4.69) is 27.6 Å². The zero-order valence-corrected chi connectivity index (χ0v) is 13.3. The smallest absolute Gasteiger partial charge is 0.191 e. The fourth-order valence-electron chi connectivity index (χ4n) is 2.14. The summed E-state index contributed by atoms with van der Waals surface area (Å²) in [6.45, 7) is 3.73. The quantitative estimate of drug-likeness (QED) is 0.633. The molecule has 0 amide bonds. The minimum Gasteiger partial charge on any atom is -0.356 e. The highest BCUT2D eigenvalue weighted by Crippen LogP contribution is 2.09. The van der Waals surface area contributed by atoms with Crippen LogP contribution in [0.25, 0.3) is 0 Å². The second-order valence-corrected chi connectivity index (χ2v) is 5.38. The maximum absolute atomic E-state index is 13.6. The number of benzene rings is 1. The summed E-state index contributed by atoms with van der Waals surface area (Å²) in [7, 11) is 1.63. The summed E-state index contributed by atoms with van der Waals surface area (Å²) < 4.78 is 28.6. The van der Waals surface area contributed by atoms with Crippen molar-refractivity contribution in [2.45, 2.75) is 20.0 Å². The molecule has 0 aliphatic carbocycles. The number of nitrogens with one attached hydrogen (secondary N) is 2. The van der Waals surface area contributed by atoms with Crippen LogP contribution >= 0.6 is 0 Å². The van der Waals surface area contributed by atoms with E-state index in [9.17, 15) is 8.78 Å². The Kier molecular flexibility index (Phi) is 6.08. The van der Waals surface area contributed by atoms with E-state index >= 15 is 0 Å². The monoisotopic (exact) mass is 321 g/mol. The van der Waals surface area contributed by atoms with E-state index in [0.29, 0.717) is 18.4 Å². The van der Waals surface area contributed by atoms with E-state index < -0.39 is 11.6 Å². The largest absolute Gasteiger partial charge is 0.356 e. The van der Waals surface area contributed by atoms with Crippen LogP contribution in [-0.4, -0.2) is 29.3 Å². The molecule has 1 aromatic heterocycles. The van der Waals surface area contributed by atoms with E-state index in [1.54, 1.807) is 13.2 Å². The fourth-order valence-corrected chi connectivity index (χ4v) is 2.14. The molecule has 1 heterocycles. The van der Waals surface area contributed by atoms with Crippen LogP contribution in [0.1, 0.15) is 12.5 Å². The summed E-state index contributed by atoms with van der Waals surface area (Å²) in [4.78, 5) is 4.08. The van der Waals surface area contributed by atoms with Gasteiger partial charge in [0, 0.05) is 44.6 Å². The van der Waals surface area contributed by atoms with Crippen molar-refractivity contribution in [1.82, 2.24) is 20.4 Å². The number of aromatic nitrogens is 2. The molecule has 1 atom stereocenters. The van der Waals surface area contributed by atoms with Gasteiger partial charge in [0.15, 0.2) is 5.96 Å². The van der Waals surface area contributed by atoms with Crippen molar-refractivity contribution in [2.24, 2.45) is 10.9 Å². The molecule has 0 spiro atoms. The van der Waals surface area contributed by atoms with Gasteiger partial charge in [0.25, 0.3) is 0 Å². The molecule has 0 radical (unpaired) electrons. The molecule has 2 N–H and O–H groups in total. The number of halogens is 2. The average Bonchev–Trinajstić information content (AvgIpc) is 3.03. The molecule has 0 bridgehead atoms. The normalized spacial score (nSPS) is 13.0. The highest BCUT2D eigenvalue weighted by Gasteiger charge is 2.07. The van der Waals surface area contributed by atoms with Crippen LogP contribution in [0.3, 0.4) is 0 Å². The number of hydrogen-bond donors (Lipinski definition) is 2. The second kappa shape index (κ2) is 8.26. The Morgan fingerprint density at radius 3 is 2.87 bits per heavy atom. The third-order valence-electron chi connectivity index (χ3n) is 3.35. The number of hydrogen-bond acceptors (Lipinski definition) is 2. The van der Waals surface area contributed by atoms with E-state index in [4.69, 9.17) is 0 Å². The Hall–Kier alpha value is -2.44. The molecule has 0 saturated carbocycles. The molecule has 23 heavy (non-hydrogen) atoms. The Morgan fingerprint density at radius 2 is 2.17 bits per heavy atom. The second-order valence-electron chi connectivity index (χ2n) is 5.38. The van der Waals surface area contributed by atoms with E-state index in [-0.39, 0.29) is 12.1 Å². The highest BCUT2D eigenvalue weighted by molar-refractivity contribution is 5.79. The van der Waals surface area contributed by atoms with Crippen LogP contribution in [0, 0.1) is 17.6 Å². The molecule has 0 fully saturated rings. The summed E-state index contributed by atoms with van der Waals surface area (Å²) in [6.07, 6.45) is 3.66. The van der Waals surface area contributed by atoms with Gasteiger partial charge in [-0.2, -0.15) is 5.10 Å². The first-order valence-corrected chi connectivity index (χ1v) is 7.44. The van der Waals surface area contributed by atoms with E-state index in [1.807, 2.05) is 16.9 Å². The molecule has 5 nitrogen and oxygen atoms in total. The maximum Gasteiger partial charge on any atom is 0.191 e. The van der Waals surface area contributed by atoms with E-state index in [1.165, 1.54) is 6.07 Å². The van der Waals surface area contributed by atoms with Crippen molar-refractivity contribution in [1.29, 1.82) is 0 Å². The Balaban J connectivity index is 1.80. The minimum absolute atomic E-state index is 0.163. The third-order valence-corrected chi connectivity index (χ3v) is 3.35. The lowest BCUT2D eigenvalue weighted by Crippen LogP contribution is -2.39. The van der Waals surface area contributed by atoms with Crippen LogP contribution in [-0.2, 0) is 13.1 Å². The zero-order chi connectivity index (χ0) is 16.7. The van der Waals surface area contributed by atoms with Crippen molar-refractivity contribution < 1.29 is 8.78 Å². The van der Waals surface area contributed by atoms with Crippen LogP contribution in [0.4, 0.5) is 8.78 Å². The van der Waals surface area contributed by atoms with Gasteiger partial charge in [-0.3, -0.25) is 9.67 Å². The summed E-state index contributed by atoms with van der Waals surface area (Å²) in [5, 5.41) is 10.3. The summed E-state index contributed by atoms with van der Waals surface area (Å²) >= 11 is 0. The first-order chi connectivity index (χ1) is 11.1.